The fraction of sp³-hybridized carbons (Fsp3) is 0.393. The molecular weight excluding hydrogens is 466 g/mol. The van der Waals surface area contributed by atoms with Crippen molar-refractivity contribution in [2.75, 3.05) is 31.2 Å². The third-order valence-electron chi connectivity index (χ3n) is 7.40. The Hall–Kier alpha value is -4.03. The van der Waals surface area contributed by atoms with Crippen LogP contribution in [0, 0.1) is 23.2 Å². The van der Waals surface area contributed by atoms with Gasteiger partial charge in [-0.2, -0.15) is 15.5 Å². The molecule has 0 N–H and O–H groups in total. The molecule has 0 radical (unpaired) electrons. The molecule has 6 rings (SSSR count). The number of fused-ring (bicyclic) bond motifs is 1. The van der Waals surface area contributed by atoms with Gasteiger partial charge in [-0.15, -0.1) is 0 Å². The summed E-state index contributed by atoms with van der Waals surface area (Å²) in [6, 6.07) is 8.38. The summed E-state index contributed by atoms with van der Waals surface area (Å²) in [4.78, 5) is 19.5. The quantitative estimate of drug-likeness (QED) is 0.366. The van der Waals surface area contributed by atoms with Crippen LogP contribution in [0.25, 0.3) is 27.8 Å². The number of hydrogen-bond donors (Lipinski definition) is 0. The van der Waals surface area contributed by atoms with Crippen molar-refractivity contribution < 1.29 is 9.53 Å². The first-order valence-corrected chi connectivity index (χ1v) is 12.8. The SMILES string of the molecule is Cn1cc(-c2cc(-c3ccc(N4CCC(C(=O)COCC5CC5)CC4)nc3)c3c(C#N)cnn3c2)cn1. The summed E-state index contributed by atoms with van der Waals surface area (Å²) in [6.07, 6.45) is 13.3. The van der Waals surface area contributed by atoms with Crippen LogP contribution in [0.5, 0.6) is 0 Å². The zero-order valence-corrected chi connectivity index (χ0v) is 20.9. The summed E-state index contributed by atoms with van der Waals surface area (Å²) in [5.41, 5.74) is 5.01. The molecule has 37 heavy (non-hydrogen) atoms. The Balaban J connectivity index is 1.19. The fourth-order valence-electron chi connectivity index (χ4n) is 5.04. The van der Waals surface area contributed by atoms with E-state index in [1.807, 2.05) is 44.0 Å². The van der Waals surface area contributed by atoms with Crippen molar-refractivity contribution in [3.63, 3.8) is 0 Å². The van der Waals surface area contributed by atoms with Gasteiger partial charge >= 0.3 is 0 Å². The number of ketones is 1. The number of nitriles is 1. The Morgan fingerprint density at radius 2 is 1.89 bits per heavy atom. The first-order valence-electron chi connectivity index (χ1n) is 12.8. The second-order valence-corrected chi connectivity index (χ2v) is 10.1. The van der Waals surface area contributed by atoms with Crippen LogP contribution >= 0.6 is 0 Å². The Labute approximate surface area is 215 Å². The van der Waals surface area contributed by atoms with Crippen molar-refractivity contribution in [1.82, 2.24) is 24.4 Å². The highest BCUT2D eigenvalue weighted by Gasteiger charge is 2.27. The minimum Gasteiger partial charge on any atom is -0.373 e. The zero-order valence-electron chi connectivity index (χ0n) is 20.9. The second kappa shape index (κ2) is 9.79. The third-order valence-corrected chi connectivity index (χ3v) is 7.40. The van der Waals surface area contributed by atoms with Crippen LogP contribution in [0.2, 0.25) is 0 Å². The third kappa shape index (κ3) is 4.85. The first-order chi connectivity index (χ1) is 18.1. The number of aromatic nitrogens is 5. The number of nitrogens with zero attached hydrogens (tertiary/aromatic N) is 7. The van der Waals surface area contributed by atoms with E-state index in [0.29, 0.717) is 11.5 Å². The molecule has 9 heteroatoms. The van der Waals surface area contributed by atoms with Gasteiger partial charge in [-0.1, -0.05) is 0 Å². The van der Waals surface area contributed by atoms with E-state index in [1.54, 1.807) is 15.4 Å². The number of Topliss-reactive ketones (excluding diaryl/α,β-unsaturated/α-hetero) is 1. The number of aryl methyl sites for hydroxylation is 1. The van der Waals surface area contributed by atoms with Crippen molar-refractivity contribution in [2.24, 2.45) is 18.9 Å². The molecule has 188 valence electrons. The topological polar surface area (TPSA) is 101 Å². The predicted octanol–water partition coefficient (Wildman–Crippen LogP) is 3.88. The Morgan fingerprint density at radius 1 is 1.05 bits per heavy atom. The largest absolute Gasteiger partial charge is 0.373 e. The van der Waals surface area contributed by atoms with E-state index >= 15 is 0 Å². The lowest BCUT2D eigenvalue weighted by Gasteiger charge is -2.32. The molecule has 1 aliphatic heterocycles. The van der Waals surface area contributed by atoms with Crippen molar-refractivity contribution in [1.29, 1.82) is 5.26 Å². The molecule has 2 aliphatic rings. The average Bonchev–Trinajstić information content (AvgIpc) is 3.50. The van der Waals surface area contributed by atoms with E-state index in [9.17, 15) is 10.1 Å². The Morgan fingerprint density at radius 3 is 2.57 bits per heavy atom. The minimum absolute atomic E-state index is 0.0736. The summed E-state index contributed by atoms with van der Waals surface area (Å²) in [6.45, 7) is 2.58. The highest BCUT2D eigenvalue weighted by molar-refractivity contribution is 5.87. The van der Waals surface area contributed by atoms with Gasteiger partial charge in [-0.25, -0.2) is 9.50 Å². The molecule has 1 saturated heterocycles. The van der Waals surface area contributed by atoms with Gasteiger partial charge in [0.2, 0.25) is 0 Å². The molecule has 0 unspecified atom stereocenters. The normalized spacial score (nSPS) is 16.3. The van der Waals surface area contributed by atoms with Crippen LogP contribution in [0.1, 0.15) is 31.2 Å². The average molecular weight is 496 g/mol. The maximum Gasteiger partial charge on any atom is 0.161 e. The van der Waals surface area contributed by atoms with Crippen molar-refractivity contribution in [3.8, 4) is 28.3 Å². The monoisotopic (exact) mass is 495 g/mol. The van der Waals surface area contributed by atoms with Crippen molar-refractivity contribution in [3.05, 3.63) is 54.7 Å². The summed E-state index contributed by atoms with van der Waals surface area (Å²) in [5.74, 6) is 1.88. The van der Waals surface area contributed by atoms with Crippen molar-refractivity contribution >= 4 is 17.1 Å². The van der Waals surface area contributed by atoms with Gasteiger partial charge in [-0.3, -0.25) is 9.48 Å². The molecule has 4 aromatic heterocycles. The number of rotatable bonds is 8. The molecule has 0 amide bonds. The molecule has 1 saturated carbocycles. The van der Waals surface area contributed by atoms with E-state index in [0.717, 1.165) is 66.1 Å². The van der Waals surface area contributed by atoms with E-state index in [-0.39, 0.29) is 18.3 Å². The van der Waals surface area contributed by atoms with E-state index < -0.39 is 0 Å². The second-order valence-electron chi connectivity index (χ2n) is 10.1. The van der Waals surface area contributed by atoms with Gasteiger partial charge in [0.15, 0.2) is 5.78 Å². The molecule has 9 nitrogen and oxygen atoms in total. The molecule has 2 fully saturated rings. The molecule has 5 heterocycles. The number of carbonyl (C=O) groups excluding carboxylic acids is 1. The van der Waals surface area contributed by atoms with Crippen LogP contribution in [-0.4, -0.2) is 56.5 Å². The Kier molecular flexibility index (Phi) is 6.18. The standard InChI is InChI=1S/C28H29N7O2/c1-33-15-24(14-31-33)22-10-25(28-23(11-29)13-32-35(28)16-22)21-4-5-27(30-12-21)34-8-6-20(7-9-34)26(36)18-37-17-19-2-3-19/h4-5,10,12-16,19-20H,2-3,6-9,17-18H2,1H3. The zero-order chi connectivity index (χ0) is 25.4. The number of anilines is 1. The smallest absolute Gasteiger partial charge is 0.161 e. The summed E-state index contributed by atoms with van der Waals surface area (Å²) in [7, 11) is 1.88. The van der Waals surface area contributed by atoms with E-state index in [4.69, 9.17) is 9.72 Å². The molecule has 0 aromatic carbocycles. The maximum atomic E-state index is 12.5. The molecule has 0 spiro atoms. The van der Waals surface area contributed by atoms with Gasteiger partial charge in [0.1, 0.15) is 18.5 Å². The number of carbonyl (C=O) groups is 1. The van der Waals surface area contributed by atoms with Gasteiger partial charge in [0, 0.05) is 73.5 Å². The lowest BCUT2D eigenvalue weighted by Crippen LogP contribution is -2.37. The van der Waals surface area contributed by atoms with Gasteiger partial charge < -0.3 is 9.64 Å². The molecule has 0 bridgehead atoms. The lowest BCUT2D eigenvalue weighted by molar-refractivity contribution is -0.128. The highest BCUT2D eigenvalue weighted by atomic mass is 16.5. The lowest BCUT2D eigenvalue weighted by atomic mass is 9.93. The minimum atomic E-state index is 0.0736. The van der Waals surface area contributed by atoms with E-state index in [2.05, 4.69) is 27.2 Å². The van der Waals surface area contributed by atoms with Crippen molar-refractivity contribution in [2.45, 2.75) is 25.7 Å². The number of hydrogen-bond acceptors (Lipinski definition) is 7. The highest BCUT2D eigenvalue weighted by Crippen LogP contribution is 2.33. The van der Waals surface area contributed by atoms with E-state index in [1.165, 1.54) is 12.8 Å². The van der Waals surface area contributed by atoms with Crippen LogP contribution in [-0.2, 0) is 16.6 Å². The molecule has 1 aliphatic carbocycles. The molecule has 0 atom stereocenters. The van der Waals surface area contributed by atoms with Crippen LogP contribution in [0.4, 0.5) is 5.82 Å². The van der Waals surface area contributed by atoms with Crippen LogP contribution in [0.3, 0.4) is 0 Å². The van der Waals surface area contributed by atoms with Gasteiger partial charge in [0.05, 0.1) is 23.5 Å². The van der Waals surface area contributed by atoms with Crippen LogP contribution < -0.4 is 4.90 Å². The van der Waals surface area contributed by atoms with Gasteiger partial charge in [0.25, 0.3) is 0 Å². The number of ether oxygens (including phenoxy) is 1. The fourth-order valence-corrected chi connectivity index (χ4v) is 5.04. The number of pyridine rings is 2. The van der Waals surface area contributed by atoms with Crippen LogP contribution in [0.15, 0.2) is 49.2 Å². The Bertz CT molecular complexity index is 1470. The number of piperidine rings is 1. The predicted molar refractivity (Wildman–Crippen MR) is 139 cm³/mol. The molecular formula is C28H29N7O2. The summed E-state index contributed by atoms with van der Waals surface area (Å²) >= 11 is 0. The molecule has 4 aromatic rings. The summed E-state index contributed by atoms with van der Waals surface area (Å²) < 4.78 is 9.12. The summed E-state index contributed by atoms with van der Waals surface area (Å²) in [5, 5.41) is 18.4. The maximum absolute atomic E-state index is 12.5. The van der Waals surface area contributed by atoms with Gasteiger partial charge in [-0.05, 0) is 49.8 Å². The first kappa shape index (κ1) is 23.4.